The summed E-state index contributed by atoms with van der Waals surface area (Å²) in [5.41, 5.74) is 6.16. The van der Waals surface area contributed by atoms with Crippen LogP contribution in [0.25, 0.3) is 0 Å². The highest BCUT2D eigenvalue weighted by atomic mass is 35.5. The van der Waals surface area contributed by atoms with E-state index in [9.17, 15) is 4.39 Å². The van der Waals surface area contributed by atoms with E-state index in [1.165, 1.54) is 24.3 Å². The number of hydrogen-bond acceptors (Lipinski definition) is 1. The second-order valence-electron chi connectivity index (χ2n) is 2.43. The van der Waals surface area contributed by atoms with Crippen molar-refractivity contribution in [2.45, 2.75) is 6.04 Å². The quantitative estimate of drug-likeness (QED) is 0.705. The van der Waals surface area contributed by atoms with Gasteiger partial charge in [0.25, 0.3) is 0 Å². The lowest BCUT2D eigenvalue weighted by Gasteiger charge is -2.08. The molecule has 3 heteroatoms. The Morgan fingerprint density at radius 1 is 1.58 bits per heavy atom. The van der Waals surface area contributed by atoms with Crippen LogP contribution in [0.2, 0.25) is 5.02 Å². The number of rotatable bonds is 2. The van der Waals surface area contributed by atoms with E-state index in [0.29, 0.717) is 10.6 Å². The molecule has 1 aromatic carbocycles. The van der Waals surface area contributed by atoms with Crippen LogP contribution in [0.3, 0.4) is 0 Å². The van der Waals surface area contributed by atoms with Crippen LogP contribution in [-0.2, 0) is 0 Å². The summed E-state index contributed by atoms with van der Waals surface area (Å²) in [6, 6.07) is 3.68. The number of benzene rings is 1. The molecule has 64 valence electrons. The van der Waals surface area contributed by atoms with Gasteiger partial charge in [0.15, 0.2) is 0 Å². The third-order valence-corrected chi connectivity index (χ3v) is 1.92. The van der Waals surface area contributed by atoms with E-state index in [0.717, 1.165) is 0 Å². The maximum absolute atomic E-state index is 12.7. The highest BCUT2D eigenvalue weighted by molar-refractivity contribution is 6.31. The Bertz CT molecular complexity index is 299. The van der Waals surface area contributed by atoms with Crippen LogP contribution >= 0.6 is 11.6 Å². The SMILES string of the molecule is C=CC(N)c1cc(F)ccc1Cl. The van der Waals surface area contributed by atoms with Gasteiger partial charge in [-0.2, -0.15) is 0 Å². The molecule has 0 aliphatic heterocycles. The van der Waals surface area contributed by atoms with Gasteiger partial charge in [-0.15, -0.1) is 6.58 Å². The molecule has 0 amide bonds. The van der Waals surface area contributed by atoms with Crippen molar-refractivity contribution in [2.75, 3.05) is 0 Å². The number of halogens is 2. The van der Waals surface area contributed by atoms with Crippen LogP contribution in [0, 0.1) is 5.82 Å². The van der Waals surface area contributed by atoms with E-state index >= 15 is 0 Å². The molecule has 0 heterocycles. The molecule has 0 aliphatic carbocycles. The largest absolute Gasteiger partial charge is 0.321 e. The van der Waals surface area contributed by atoms with Crippen molar-refractivity contribution in [3.05, 3.63) is 47.3 Å². The molecule has 1 unspecified atom stereocenters. The zero-order chi connectivity index (χ0) is 9.14. The van der Waals surface area contributed by atoms with Gasteiger partial charge in [0.2, 0.25) is 0 Å². The molecule has 1 nitrogen and oxygen atoms in total. The highest BCUT2D eigenvalue weighted by Crippen LogP contribution is 2.22. The monoisotopic (exact) mass is 185 g/mol. The van der Waals surface area contributed by atoms with Crippen molar-refractivity contribution in [1.82, 2.24) is 0 Å². The Labute approximate surface area is 75.6 Å². The molecule has 1 atom stereocenters. The lowest BCUT2D eigenvalue weighted by Crippen LogP contribution is -2.07. The summed E-state index contributed by atoms with van der Waals surface area (Å²) < 4.78 is 12.7. The fraction of sp³-hybridized carbons (Fsp3) is 0.111. The Morgan fingerprint density at radius 3 is 2.83 bits per heavy atom. The molecule has 0 radical (unpaired) electrons. The molecule has 0 aliphatic rings. The molecule has 1 aromatic rings. The van der Waals surface area contributed by atoms with Crippen LogP contribution in [0.5, 0.6) is 0 Å². The topological polar surface area (TPSA) is 26.0 Å². The average molecular weight is 186 g/mol. The molecule has 0 fully saturated rings. The summed E-state index contributed by atoms with van der Waals surface area (Å²) in [5, 5.41) is 0.462. The zero-order valence-corrected chi connectivity index (χ0v) is 7.18. The summed E-state index contributed by atoms with van der Waals surface area (Å²) in [6.07, 6.45) is 1.51. The van der Waals surface area contributed by atoms with Crippen molar-refractivity contribution in [3.8, 4) is 0 Å². The standard InChI is InChI=1S/C9H9ClFN/c1-2-9(12)7-5-6(11)3-4-8(7)10/h2-5,9H,1,12H2. The third kappa shape index (κ3) is 1.84. The van der Waals surface area contributed by atoms with E-state index in [1.54, 1.807) is 0 Å². The molecular formula is C9H9ClFN. The van der Waals surface area contributed by atoms with E-state index in [4.69, 9.17) is 17.3 Å². The molecule has 0 saturated carbocycles. The first kappa shape index (κ1) is 9.23. The zero-order valence-electron chi connectivity index (χ0n) is 6.43. The minimum Gasteiger partial charge on any atom is -0.321 e. The molecule has 0 saturated heterocycles. The molecule has 0 bridgehead atoms. The Balaban J connectivity index is 3.12. The molecule has 1 rings (SSSR count). The van der Waals surface area contributed by atoms with Crippen LogP contribution in [0.4, 0.5) is 4.39 Å². The maximum atomic E-state index is 12.7. The maximum Gasteiger partial charge on any atom is 0.123 e. The van der Waals surface area contributed by atoms with Gasteiger partial charge < -0.3 is 5.73 Å². The highest BCUT2D eigenvalue weighted by Gasteiger charge is 2.06. The van der Waals surface area contributed by atoms with E-state index in [1.807, 2.05) is 0 Å². The van der Waals surface area contributed by atoms with Crippen LogP contribution < -0.4 is 5.73 Å². The second kappa shape index (κ2) is 3.70. The van der Waals surface area contributed by atoms with Crippen LogP contribution in [0.1, 0.15) is 11.6 Å². The van der Waals surface area contributed by atoms with Crippen molar-refractivity contribution in [3.63, 3.8) is 0 Å². The lowest BCUT2D eigenvalue weighted by atomic mass is 10.1. The first-order valence-electron chi connectivity index (χ1n) is 3.48. The number of nitrogens with two attached hydrogens (primary N) is 1. The molecule has 0 spiro atoms. The Morgan fingerprint density at radius 2 is 2.25 bits per heavy atom. The summed E-state index contributed by atoms with van der Waals surface area (Å²) in [6.45, 7) is 3.50. The van der Waals surface area contributed by atoms with Gasteiger partial charge in [-0.05, 0) is 23.8 Å². The molecule has 0 aromatic heterocycles. The summed E-state index contributed by atoms with van der Waals surface area (Å²) in [4.78, 5) is 0. The first-order valence-corrected chi connectivity index (χ1v) is 3.86. The van der Waals surface area contributed by atoms with Crippen molar-refractivity contribution < 1.29 is 4.39 Å². The van der Waals surface area contributed by atoms with Gasteiger partial charge in [0.1, 0.15) is 5.82 Å². The molecular weight excluding hydrogens is 177 g/mol. The van der Waals surface area contributed by atoms with Gasteiger partial charge in [-0.1, -0.05) is 17.7 Å². The second-order valence-corrected chi connectivity index (χ2v) is 2.83. The first-order chi connectivity index (χ1) is 5.65. The third-order valence-electron chi connectivity index (χ3n) is 1.57. The van der Waals surface area contributed by atoms with Crippen LogP contribution in [0.15, 0.2) is 30.9 Å². The summed E-state index contributed by atoms with van der Waals surface area (Å²) in [5.74, 6) is -0.341. The van der Waals surface area contributed by atoms with Crippen LogP contribution in [-0.4, -0.2) is 0 Å². The number of hydrogen-bond donors (Lipinski definition) is 1. The van der Waals surface area contributed by atoms with Gasteiger partial charge in [0, 0.05) is 11.1 Å². The predicted octanol–water partition coefficient (Wildman–Crippen LogP) is 2.66. The fourth-order valence-corrected chi connectivity index (χ4v) is 1.14. The van der Waals surface area contributed by atoms with Gasteiger partial charge >= 0.3 is 0 Å². The van der Waals surface area contributed by atoms with E-state index in [-0.39, 0.29) is 5.82 Å². The van der Waals surface area contributed by atoms with Crippen molar-refractivity contribution in [2.24, 2.45) is 5.73 Å². The molecule has 12 heavy (non-hydrogen) atoms. The van der Waals surface area contributed by atoms with Crippen molar-refractivity contribution in [1.29, 1.82) is 0 Å². The van der Waals surface area contributed by atoms with Crippen molar-refractivity contribution >= 4 is 11.6 Å². The van der Waals surface area contributed by atoms with Gasteiger partial charge in [0.05, 0.1) is 0 Å². The Kier molecular flexibility index (Phi) is 2.84. The van der Waals surface area contributed by atoms with Gasteiger partial charge in [-0.3, -0.25) is 0 Å². The van der Waals surface area contributed by atoms with E-state index in [2.05, 4.69) is 6.58 Å². The molecule has 2 N–H and O–H groups in total. The van der Waals surface area contributed by atoms with E-state index < -0.39 is 6.04 Å². The Hall–Kier alpha value is -0.860. The smallest absolute Gasteiger partial charge is 0.123 e. The fourth-order valence-electron chi connectivity index (χ4n) is 0.897. The predicted molar refractivity (Wildman–Crippen MR) is 48.5 cm³/mol. The summed E-state index contributed by atoms with van der Waals surface area (Å²) in [7, 11) is 0. The normalized spacial score (nSPS) is 12.6. The van der Waals surface area contributed by atoms with Gasteiger partial charge in [-0.25, -0.2) is 4.39 Å². The minimum atomic E-state index is -0.409. The lowest BCUT2D eigenvalue weighted by molar-refractivity contribution is 0.624. The average Bonchev–Trinajstić information content (AvgIpc) is 2.08. The summed E-state index contributed by atoms with van der Waals surface area (Å²) >= 11 is 5.78. The minimum absolute atomic E-state index is 0.341.